The molecule has 0 aliphatic heterocycles. The Morgan fingerprint density at radius 3 is 2.44 bits per heavy atom. The average molecular weight is 451 g/mol. The maximum absolute atomic E-state index is 12.5. The molecule has 4 aromatic rings. The van der Waals surface area contributed by atoms with E-state index in [-0.39, 0.29) is 12.5 Å². The van der Waals surface area contributed by atoms with Crippen molar-refractivity contribution in [2.45, 2.75) is 31.6 Å². The molecule has 0 aliphatic rings. The number of oxazole rings is 1. The molecule has 1 aromatic heterocycles. The van der Waals surface area contributed by atoms with Gasteiger partial charge in [0.05, 0.1) is 6.04 Å². The van der Waals surface area contributed by atoms with Crippen molar-refractivity contribution in [2.75, 3.05) is 0 Å². The minimum absolute atomic E-state index is 0.115. The number of nitrogens with zero attached hydrogens (tertiary/aromatic N) is 1. The van der Waals surface area contributed by atoms with Gasteiger partial charge in [0.15, 0.2) is 11.7 Å². The highest BCUT2D eigenvalue weighted by Crippen LogP contribution is 2.26. The fourth-order valence-electron chi connectivity index (χ4n) is 3.41. The number of aryl methyl sites for hydroxylation is 1. The number of hydrogen-bond donors (Lipinski definition) is 2. The number of aliphatic hydroxyl groups is 1. The van der Waals surface area contributed by atoms with Crippen LogP contribution in [0.1, 0.15) is 29.5 Å². The molecule has 32 heavy (non-hydrogen) atoms. The highest BCUT2D eigenvalue weighted by Gasteiger charge is 2.28. The van der Waals surface area contributed by atoms with Crippen LogP contribution in [0.3, 0.4) is 0 Å². The molecule has 1 unspecified atom stereocenters. The summed E-state index contributed by atoms with van der Waals surface area (Å²) in [6, 6.07) is 23.6. The first-order chi connectivity index (χ1) is 15.6. The normalized spacial score (nSPS) is 12.9. The number of ether oxygens (including phenoxy) is 1. The number of carbonyl (C=O) groups excluding carboxylic acids is 1. The molecule has 4 rings (SSSR count). The molecule has 3 aromatic carbocycles. The van der Waals surface area contributed by atoms with Crippen molar-refractivity contribution in [1.29, 1.82) is 0 Å². The number of alkyl carbamates (subject to hydrolysis) is 1. The lowest BCUT2D eigenvalue weighted by molar-refractivity contribution is 0.0833. The van der Waals surface area contributed by atoms with Crippen molar-refractivity contribution >= 4 is 28.8 Å². The molecule has 0 bridgehead atoms. The highest BCUT2D eigenvalue weighted by molar-refractivity contribution is 6.31. The van der Waals surface area contributed by atoms with Crippen LogP contribution in [0.2, 0.25) is 5.02 Å². The number of rotatable bonds is 8. The zero-order valence-corrected chi connectivity index (χ0v) is 18.0. The number of amides is 1. The predicted octanol–water partition coefficient (Wildman–Crippen LogP) is 5.44. The van der Waals surface area contributed by atoms with Crippen LogP contribution in [-0.2, 0) is 17.8 Å². The summed E-state index contributed by atoms with van der Waals surface area (Å²) in [6.07, 6.45) is -0.669. The predicted molar refractivity (Wildman–Crippen MR) is 122 cm³/mol. The average Bonchev–Trinajstić information content (AvgIpc) is 3.24. The lowest BCUT2D eigenvalue weighted by Crippen LogP contribution is -2.40. The number of aromatic nitrogens is 1. The number of hydrogen-bond acceptors (Lipinski definition) is 5. The van der Waals surface area contributed by atoms with Gasteiger partial charge in [-0.25, -0.2) is 9.78 Å². The second-order valence-electron chi connectivity index (χ2n) is 7.45. The van der Waals surface area contributed by atoms with Crippen molar-refractivity contribution in [1.82, 2.24) is 10.3 Å². The molecule has 7 heteroatoms. The minimum Gasteiger partial charge on any atom is -0.445 e. The summed E-state index contributed by atoms with van der Waals surface area (Å²) in [6.45, 7) is 0.134. The third-order valence-electron chi connectivity index (χ3n) is 5.10. The standard InChI is InChI=1S/C25H23ClN2O4/c26-19-12-14-22-21(15-19)27-24(32-22)23(29)20(13-11-17-7-3-1-4-8-17)28-25(30)31-16-18-9-5-2-6-10-18/h1-10,12,14-15,20,23,29H,11,13,16H2,(H,28,30)/t20-,23?/m1/s1. The fourth-order valence-corrected chi connectivity index (χ4v) is 3.58. The lowest BCUT2D eigenvalue weighted by Gasteiger charge is -2.22. The van der Waals surface area contributed by atoms with Gasteiger partial charge in [-0.15, -0.1) is 0 Å². The van der Waals surface area contributed by atoms with Gasteiger partial charge in [-0.3, -0.25) is 0 Å². The first-order valence-electron chi connectivity index (χ1n) is 10.3. The third kappa shape index (κ3) is 5.66. The second kappa shape index (κ2) is 10.3. The molecule has 2 atom stereocenters. The van der Waals surface area contributed by atoms with Crippen molar-refractivity contribution < 1.29 is 19.1 Å². The maximum atomic E-state index is 12.5. The van der Waals surface area contributed by atoms with Gasteiger partial charge in [-0.05, 0) is 42.2 Å². The van der Waals surface area contributed by atoms with Crippen molar-refractivity contribution in [3.05, 3.63) is 101 Å². The van der Waals surface area contributed by atoms with Gasteiger partial charge < -0.3 is 19.6 Å². The summed E-state index contributed by atoms with van der Waals surface area (Å²) in [5.74, 6) is 0.115. The molecular formula is C25H23ClN2O4. The number of halogens is 1. The van der Waals surface area contributed by atoms with Crippen molar-refractivity contribution in [3.8, 4) is 0 Å². The SMILES string of the molecule is O=C(N[C@H](CCc1ccccc1)C(O)c1nc2cc(Cl)ccc2o1)OCc1ccccc1. The Morgan fingerprint density at radius 1 is 1.03 bits per heavy atom. The van der Waals surface area contributed by atoms with E-state index >= 15 is 0 Å². The van der Waals surface area contributed by atoms with Crippen LogP contribution in [0.15, 0.2) is 83.3 Å². The Hall–Kier alpha value is -3.35. The summed E-state index contributed by atoms with van der Waals surface area (Å²) in [5, 5.41) is 14.3. The van der Waals surface area contributed by atoms with Crippen molar-refractivity contribution in [3.63, 3.8) is 0 Å². The maximum Gasteiger partial charge on any atom is 0.407 e. The number of carbonyl (C=O) groups is 1. The summed E-state index contributed by atoms with van der Waals surface area (Å²) in [4.78, 5) is 16.8. The molecule has 2 N–H and O–H groups in total. The summed E-state index contributed by atoms with van der Waals surface area (Å²) < 4.78 is 11.1. The highest BCUT2D eigenvalue weighted by atomic mass is 35.5. The van der Waals surface area contributed by atoms with Crippen molar-refractivity contribution in [2.24, 2.45) is 0 Å². The Kier molecular flexibility index (Phi) is 7.04. The molecule has 0 saturated carbocycles. The number of benzene rings is 3. The van der Waals surface area contributed by atoms with Gasteiger partial charge in [-0.2, -0.15) is 0 Å². The van der Waals surface area contributed by atoms with Gasteiger partial charge in [0.25, 0.3) is 0 Å². The van der Waals surface area contributed by atoms with E-state index in [1.165, 1.54) is 0 Å². The second-order valence-corrected chi connectivity index (χ2v) is 7.88. The number of fused-ring (bicyclic) bond motifs is 1. The van der Waals surface area contributed by atoms with E-state index in [4.69, 9.17) is 20.8 Å². The number of aliphatic hydroxyl groups excluding tert-OH is 1. The molecule has 0 radical (unpaired) electrons. The monoisotopic (exact) mass is 450 g/mol. The van der Waals surface area contributed by atoms with Crippen LogP contribution in [0.5, 0.6) is 0 Å². The van der Waals surface area contributed by atoms with Gasteiger partial charge in [0.1, 0.15) is 12.1 Å². The van der Waals surface area contributed by atoms with Crippen LogP contribution in [-0.4, -0.2) is 22.2 Å². The van der Waals surface area contributed by atoms with Gasteiger partial charge in [-0.1, -0.05) is 72.3 Å². The van der Waals surface area contributed by atoms with Crippen LogP contribution in [0, 0.1) is 0 Å². The smallest absolute Gasteiger partial charge is 0.407 e. The Balaban J connectivity index is 1.48. The van der Waals surface area contributed by atoms with E-state index in [1.54, 1.807) is 18.2 Å². The first kappa shape index (κ1) is 21.9. The quantitative estimate of drug-likeness (QED) is 0.373. The largest absolute Gasteiger partial charge is 0.445 e. The van der Waals surface area contributed by atoms with E-state index in [1.807, 2.05) is 60.7 Å². The van der Waals surface area contributed by atoms with Crippen LogP contribution in [0.4, 0.5) is 4.79 Å². The summed E-state index contributed by atoms with van der Waals surface area (Å²) in [5.41, 5.74) is 3.02. The van der Waals surface area contributed by atoms with Gasteiger partial charge in [0.2, 0.25) is 5.89 Å². The molecule has 0 aliphatic carbocycles. The fraction of sp³-hybridized carbons (Fsp3) is 0.200. The molecule has 1 heterocycles. The molecule has 0 spiro atoms. The zero-order valence-electron chi connectivity index (χ0n) is 17.3. The van der Waals surface area contributed by atoms with Gasteiger partial charge >= 0.3 is 6.09 Å². The molecule has 0 fully saturated rings. The minimum atomic E-state index is -1.16. The van der Waals surface area contributed by atoms with Crippen LogP contribution < -0.4 is 5.32 Å². The topological polar surface area (TPSA) is 84.6 Å². The van der Waals surface area contributed by atoms with E-state index in [2.05, 4.69) is 10.3 Å². The molecule has 1 amide bonds. The van der Waals surface area contributed by atoms with E-state index in [0.29, 0.717) is 29.0 Å². The molecule has 6 nitrogen and oxygen atoms in total. The summed E-state index contributed by atoms with van der Waals surface area (Å²) >= 11 is 6.02. The van der Waals surface area contributed by atoms with E-state index in [0.717, 1.165) is 11.1 Å². The lowest BCUT2D eigenvalue weighted by atomic mass is 10.0. The van der Waals surface area contributed by atoms with E-state index in [9.17, 15) is 9.90 Å². The third-order valence-corrected chi connectivity index (χ3v) is 5.34. The molecular weight excluding hydrogens is 428 g/mol. The van der Waals surface area contributed by atoms with Crippen LogP contribution in [0.25, 0.3) is 11.1 Å². The Bertz CT molecular complexity index is 1160. The van der Waals surface area contributed by atoms with E-state index < -0.39 is 18.2 Å². The summed E-state index contributed by atoms with van der Waals surface area (Å²) in [7, 11) is 0. The number of nitrogens with one attached hydrogen (secondary N) is 1. The Labute approximate surface area is 190 Å². The first-order valence-corrected chi connectivity index (χ1v) is 10.7. The molecule has 164 valence electrons. The van der Waals surface area contributed by atoms with Crippen LogP contribution >= 0.6 is 11.6 Å². The molecule has 0 saturated heterocycles. The Morgan fingerprint density at radius 2 is 1.72 bits per heavy atom. The van der Waals surface area contributed by atoms with Gasteiger partial charge in [0, 0.05) is 5.02 Å². The zero-order chi connectivity index (χ0) is 22.3.